The third kappa shape index (κ3) is 4.74. The van der Waals surface area contributed by atoms with E-state index in [0.29, 0.717) is 6.54 Å². The number of nitrogens with one attached hydrogen (secondary N) is 1. The number of hydrogen-bond acceptors (Lipinski definition) is 4. The first-order valence-electron chi connectivity index (χ1n) is 7.00. The second-order valence-corrected chi connectivity index (χ2v) is 5.54. The zero-order chi connectivity index (χ0) is 13.0. The van der Waals surface area contributed by atoms with Crippen LogP contribution in [0.1, 0.15) is 32.6 Å². The molecule has 2 fully saturated rings. The summed E-state index contributed by atoms with van der Waals surface area (Å²) in [7, 11) is 0. The van der Waals surface area contributed by atoms with Gasteiger partial charge in [0.25, 0.3) is 0 Å². The van der Waals surface area contributed by atoms with Gasteiger partial charge in [0.15, 0.2) is 0 Å². The van der Waals surface area contributed by atoms with Crippen LogP contribution in [-0.2, 0) is 9.53 Å². The van der Waals surface area contributed by atoms with E-state index in [9.17, 15) is 4.79 Å². The average Bonchev–Trinajstić information content (AvgIpc) is 2.91. The summed E-state index contributed by atoms with van der Waals surface area (Å²) in [6.07, 6.45) is 4.55. The molecule has 1 amide bonds. The zero-order valence-corrected chi connectivity index (χ0v) is 13.7. The molecular formula is C13H27Cl2N3O2. The third-order valence-electron chi connectivity index (χ3n) is 4.21. The van der Waals surface area contributed by atoms with Gasteiger partial charge in [0.1, 0.15) is 0 Å². The van der Waals surface area contributed by atoms with E-state index in [1.54, 1.807) is 6.92 Å². The van der Waals surface area contributed by atoms with Crippen LogP contribution >= 0.6 is 24.8 Å². The molecule has 0 saturated carbocycles. The number of carbonyl (C=O) groups is 1. The van der Waals surface area contributed by atoms with Crippen molar-refractivity contribution in [3.8, 4) is 0 Å². The van der Waals surface area contributed by atoms with Gasteiger partial charge in [-0.2, -0.15) is 0 Å². The van der Waals surface area contributed by atoms with Gasteiger partial charge in [-0.1, -0.05) is 0 Å². The van der Waals surface area contributed by atoms with Crippen molar-refractivity contribution in [1.82, 2.24) is 10.2 Å². The maximum Gasteiger partial charge on any atom is 0.236 e. The van der Waals surface area contributed by atoms with E-state index in [0.717, 1.165) is 39.1 Å². The van der Waals surface area contributed by atoms with Crippen molar-refractivity contribution in [1.29, 1.82) is 0 Å². The molecule has 0 aromatic carbocycles. The van der Waals surface area contributed by atoms with E-state index in [1.807, 2.05) is 0 Å². The Kier molecular flexibility index (Phi) is 9.02. The summed E-state index contributed by atoms with van der Waals surface area (Å²) in [5, 5.41) is 3.01. The summed E-state index contributed by atoms with van der Waals surface area (Å²) in [6.45, 7) is 6.32. The predicted octanol–water partition coefficient (Wildman–Crippen LogP) is 0.938. The van der Waals surface area contributed by atoms with E-state index in [1.165, 1.54) is 12.8 Å². The van der Waals surface area contributed by atoms with Gasteiger partial charge < -0.3 is 15.8 Å². The number of likely N-dealkylation sites (tertiary alicyclic amines) is 1. The molecule has 0 radical (unpaired) electrons. The molecule has 2 aliphatic heterocycles. The van der Waals surface area contributed by atoms with Crippen LogP contribution < -0.4 is 11.1 Å². The molecule has 2 saturated heterocycles. The van der Waals surface area contributed by atoms with Crippen LogP contribution in [0.5, 0.6) is 0 Å². The van der Waals surface area contributed by atoms with Crippen LogP contribution in [0.25, 0.3) is 0 Å². The molecule has 2 heterocycles. The molecule has 2 aliphatic rings. The molecule has 0 aromatic heterocycles. The van der Waals surface area contributed by atoms with E-state index in [-0.39, 0.29) is 36.3 Å². The molecule has 120 valence electrons. The lowest BCUT2D eigenvalue weighted by molar-refractivity contribution is -0.123. The highest BCUT2D eigenvalue weighted by Gasteiger charge is 2.39. The first-order chi connectivity index (χ1) is 8.64. The fourth-order valence-corrected chi connectivity index (χ4v) is 2.96. The summed E-state index contributed by atoms with van der Waals surface area (Å²) >= 11 is 0. The van der Waals surface area contributed by atoms with Crippen LogP contribution in [-0.4, -0.2) is 55.2 Å². The summed E-state index contributed by atoms with van der Waals surface area (Å²) in [5.74, 6) is -0.0555. The van der Waals surface area contributed by atoms with E-state index >= 15 is 0 Å². The number of carbonyl (C=O) groups excluding carboxylic acids is 1. The van der Waals surface area contributed by atoms with Gasteiger partial charge in [0.05, 0.1) is 6.04 Å². The van der Waals surface area contributed by atoms with Gasteiger partial charge in [0.2, 0.25) is 5.91 Å². The quantitative estimate of drug-likeness (QED) is 0.806. The van der Waals surface area contributed by atoms with Crippen LogP contribution in [0.15, 0.2) is 0 Å². The topological polar surface area (TPSA) is 67.6 Å². The predicted molar refractivity (Wildman–Crippen MR) is 84.7 cm³/mol. The first kappa shape index (κ1) is 19.9. The number of rotatable bonds is 4. The van der Waals surface area contributed by atoms with Crippen molar-refractivity contribution in [2.24, 2.45) is 5.73 Å². The van der Waals surface area contributed by atoms with E-state index < -0.39 is 6.04 Å². The molecule has 2 rings (SSSR count). The molecular weight excluding hydrogens is 301 g/mol. The lowest BCUT2D eigenvalue weighted by atomic mass is 9.88. The van der Waals surface area contributed by atoms with Crippen molar-refractivity contribution in [3.05, 3.63) is 0 Å². The smallest absolute Gasteiger partial charge is 0.236 e. The van der Waals surface area contributed by atoms with Gasteiger partial charge in [-0.25, -0.2) is 0 Å². The van der Waals surface area contributed by atoms with Gasteiger partial charge in [0, 0.05) is 25.3 Å². The average molecular weight is 328 g/mol. The van der Waals surface area contributed by atoms with E-state index in [2.05, 4.69) is 10.2 Å². The molecule has 3 N–H and O–H groups in total. The minimum absolute atomic E-state index is 0. The molecule has 0 aromatic rings. The molecule has 0 aliphatic carbocycles. The Morgan fingerprint density at radius 1 is 1.30 bits per heavy atom. The Balaban J connectivity index is 0.00000180. The van der Waals surface area contributed by atoms with Crippen molar-refractivity contribution >= 4 is 30.7 Å². The summed E-state index contributed by atoms with van der Waals surface area (Å²) in [5.41, 5.74) is 5.69. The Morgan fingerprint density at radius 3 is 2.35 bits per heavy atom. The summed E-state index contributed by atoms with van der Waals surface area (Å²) in [4.78, 5) is 14.2. The second kappa shape index (κ2) is 9.05. The lowest BCUT2D eigenvalue weighted by Crippen LogP contribution is -2.58. The standard InChI is InChI=1S/C13H25N3O2.2ClH/c1-11(14)12(17)15-10-13(4-8-18-9-5-13)16-6-2-3-7-16;;/h11H,2-10,14H2,1H3,(H,15,17);2*1H/t11-;;/m1../s1. The van der Waals surface area contributed by atoms with Crippen molar-refractivity contribution in [3.63, 3.8) is 0 Å². The SMILES string of the molecule is C[C@@H](N)C(=O)NCC1(N2CCCC2)CCOCC1.Cl.Cl. The molecule has 5 nitrogen and oxygen atoms in total. The Labute approximate surface area is 133 Å². The molecule has 0 bridgehead atoms. The largest absolute Gasteiger partial charge is 0.381 e. The van der Waals surface area contributed by atoms with Crippen LogP contribution in [0.3, 0.4) is 0 Å². The van der Waals surface area contributed by atoms with Gasteiger partial charge in [-0.15, -0.1) is 24.8 Å². The fourth-order valence-electron chi connectivity index (χ4n) is 2.96. The highest BCUT2D eigenvalue weighted by molar-refractivity contribution is 5.85. The highest BCUT2D eigenvalue weighted by Crippen LogP contribution is 2.30. The first-order valence-corrected chi connectivity index (χ1v) is 7.00. The Bertz CT molecular complexity index is 291. The lowest BCUT2D eigenvalue weighted by Gasteiger charge is -2.44. The summed E-state index contributed by atoms with van der Waals surface area (Å²) < 4.78 is 5.47. The maximum absolute atomic E-state index is 11.7. The Morgan fingerprint density at radius 2 is 1.85 bits per heavy atom. The van der Waals surface area contributed by atoms with Crippen LogP contribution in [0.4, 0.5) is 0 Å². The maximum atomic E-state index is 11.7. The van der Waals surface area contributed by atoms with Crippen molar-refractivity contribution in [2.45, 2.75) is 44.2 Å². The van der Waals surface area contributed by atoms with Crippen LogP contribution in [0.2, 0.25) is 0 Å². The molecule has 20 heavy (non-hydrogen) atoms. The highest BCUT2D eigenvalue weighted by atomic mass is 35.5. The number of amides is 1. The normalized spacial score (nSPS) is 23.3. The molecule has 0 spiro atoms. The van der Waals surface area contributed by atoms with Gasteiger partial charge in [-0.3, -0.25) is 9.69 Å². The molecule has 1 atom stereocenters. The minimum atomic E-state index is -0.430. The number of ether oxygens (including phenoxy) is 1. The summed E-state index contributed by atoms with van der Waals surface area (Å²) in [6, 6.07) is -0.430. The number of nitrogens with two attached hydrogens (primary N) is 1. The fraction of sp³-hybridized carbons (Fsp3) is 0.923. The van der Waals surface area contributed by atoms with Crippen LogP contribution in [0, 0.1) is 0 Å². The molecule has 0 unspecified atom stereocenters. The van der Waals surface area contributed by atoms with Crippen molar-refractivity contribution < 1.29 is 9.53 Å². The number of nitrogens with zero attached hydrogens (tertiary/aromatic N) is 1. The van der Waals surface area contributed by atoms with Crippen molar-refractivity contribution in [2.75, 3.05) is 32.8 Å². The second-order valence-electron chi connectivity index (χ2n) is 5.54. The zero-order valence-electron chi connectivity index (χ0n) is 12.1. The monoisotopic (exact) mass is 327 g/mol. The van der Waals surface area contributed by atoms with E-state index in [4.69, 9.17) is 10.5 Å². The number of halogens is 2. The third-order valence-corrected chi connectivity index (χ3v) is 4.21. The Hall–Kier alpha value is -0.0700. The minimum Gasteiger partial charge on any atom is -0.381 e. The van der Waals surface area contributed by atoms with Gasteiger partial charge >= 0.3 is 0 Å². The molecule has 7 heteroatoms. The van der Waals surface area contributed by atoms with Gasteiger partial charge in [-0.05, 0) is 45.7 Å². The number of hydrogen-bond donors (Lipinski definition) is 2.